The first-order chi connectivity index (χ1) is 15.4. The predicted octanol–water partition coefficient (Wildman–Crippen LogP) is 4.09. The quantitative estimate of drug-likeness (QED) is 0.595. The van der Waals surface area contributed by atoms with E-state index in [0.29, 0.717) is 34.1 Å². The van der Waals surface area contributed by atoms with Crippen LogP contribution in [-0.4, -0.2) is 48.2 Å². The van der Waals surface area contributed by atoms with Crippen LogP contribution in [0.25, 0.3) is 11.0 Å². The van der Waals surface area contributed by atoms with Gasteiger partial charge in [-0.05, 0) is 26.8 Å². The van der Waals surface area contributed by atoms with Gasteiger partial charge in [-0.2, -0.15) is 4.98 Å². The number of methoxy groups -OCH3 is 1. The zero-order valence-electron chi connectivity index (χ0n) is 18.7. The van der Waals surface area contributed by atoms with E-state index in [0.717, 1.165) is 31.9 Å². The lowest BCUT2D eigenvalue weighted by Gasteiger charge is -2.30. The number of piperazine rings is 1. The fourth-order valence-corrected chi connectivity index (χ4v) is 4.02. The SMILES string of the molecule is COc1nc2nc(C)nc(N[C@H](C)c3cccc(C(C)F)c3F)c2cc1N1CCNCC1. The van der Waals surface area contributed by atoms with Crippen LogP contribution in [-0.2, 0) is 0 Å². The summed E-state index contributed by atoms with van der Waals surface area (Å²) in [6, 6.07) is 6.31. The van der Waals surface area contributed by atoms with Crippen LogP contribution in [0.3, 0.4) is 0 Å². The van der Waals surface area contributed by atoms with Crippen molar-refractivity contribution in [1.82, 2.24) is 20.3 Å². The number of halogens is 2. The largest absolute Gasteiger partial charge is 0.479 e. The van der Waals surface area contributed by atoms with E-state index in [4.69, 9.17) is 4.74 Å². The van der Waals surface area contributed by atoms with Crippen LogP contribution in [0, 0.1) is 12.7 Å². The highest BCUT2D eigenvalue weighted by Crippen LogP contribution is 2.34. The summed E-state index contributed by atoms with van der Waals surface area (Å²) in [7, 11) is 1.59. The zero-order chi connectivity index (χ0) is 22.8. The van der Waals surface area contributed by atoms with Gasteiger partial charge in [0, 0.05) is 37.3 Å². The minimum absolute atomic E-state index is 0.0484. The van der Waals surface area contributed by atoms with Gasteiger partial charge in [0.05, 0.1) is 18.5 Å². The van der Waals surface area contributed by atoms with Crippen molar-refractivity contribution >= 4 is 22.5 Å². The second-order valence-electron chi connectivity index (χ2n) is 7.98. The number of alkyl halides is 1. The van der Waals surface area contributed by atoms with Crippen molar-refractivity contribution in [3.63, 3.8) is 0 Å². The first-order valence-electron chi connectivity index (χ1n) is 10.8. The Labute approximate surface area is 186 Å². The average molecular weight is 443 g/mol. The van der Waals surface area contributed by atoms with Crippen molar-refractivity contribution in [1.29, 1.82) is 0 Å². The van der Waals surface area contributed by atoms with E-state index < -0.39 is 18.0 Å². The van der Waals surface area contributed by atoms with Gasteiger partial charge in [0.1, 0.15) is 29.3 Å². The van der Waals surface area contributed by atoms with Crippen LogP contribution < -0.4 is 20.3 Å². The molecular weight excluding hydrogens is 414 g/mol. The van der Waals surface area contributed by atoms with Gasteiger partial charge in [-0.1, -0.05) is 18.2 Å². The minimum atomic E-state index is -1.39. The highest BCUT2D eigenvalue weighted by Gasteiger charge is 2.22. The Bertz CT molecular complexity index is 1120. The molecule has 0 aliphatic carbocycles. The van der Waals surface area contributed by atoms with Crippen molar-refractivity contribution in [2.24, 2.45) is 0 Å². The molecule has 7 nitrogen and oxygen atoms in total. The number of nitrogens with one attached hydrogen (secondary N) is 2. The number of pyridine rings is 1. The molecule has 1 saturated heterocycles. The normalized spacial score (nSPS) is 16.1. The molecule has 2 N–H and O–H groups in total. The molecule has 1 aliphatic heterocycles. The lowest BCUT2D eigenvalue weighted by atomic mass is 10.0. The predicted molar refractivity (Wildman–Crippen MR) is 122 cm³/mol. The fraction of sp³-hybridized carbons (Fsp3) is 0.435. The van der Waals surface area contributed by atoms with Gasteiger partial charge in [0.25, 0.3) is 0 Å². The van der Waals surface area contributed by atoms with Crippen LogP contribution in [0.4, 0.5) is 20.3 Å². The maximum atomic E-state index is 14.9. The summed E-state index contributed by atoms with van der Waals surface area (Å²) in [6.45, 7) is 8.33. The summed E-state index contributed by atoms with van der Waals surface area (Å²) in [5, 5.41) is 7.34. The lowest BCUT2D eigenvalue weighted by molar-refractivity contribution is 0.360. The summed E-state index contributed by atoms with van der Waals surface area (Å²) < 4.78 is 34.3. The molecule has 4 rings (SSSR count). The average Bonchev–Trinajstić information content (AvgIpc) is 2.78. The minimum Gasteiger partial charge on any atom is -0.479 e. The van der Waals surface area contributed by atoms with Gasteiger partial charge in [-0.3, -0.25) is 0 Å². The molecule has 1 aromatic carbocycles. The van der Waals surface area contributed by atoms with Crippen molar-refractivity contribution in [3.8, 4) is 5.88 Å². The lowest BCUT2D eigenvalue weighted by Crippen LogP contribution is -2.43. The van der Waals surface area contributed by atoms with Crippen molar-refractivity contribution < 1.29 is 13.5 Å². The Balaban J connectivity index is 1.76. The number of hydrogen-bond acceptors (Lipinski definition) is 7. The van der Waals surface area contributed by atoms with Crippen LogP contribution in [0.15, 0.2) is 24.3 Å². The van der Waals surface area contributed by atoms with Crippen LogP contribution in [0.5, 0.6) is 5.88 Å². The van der Waals surface area contributed by atoms with Gasteiger partial charge in [-0.25, -0.2) is 18.7 Å². The molecule has 2 aromatic heterocycles. The molecule has 0 saturated carbocycles. The summed E-state index contributed by atoms with van der Waals surface area (Å²) in [4.78, 5) is 15.9. The summed E-state index contributed by atoms with van der Waals surface area (Å²) in [5.41, 5.74) is 1.78. The van der Waals surface area contributed by atoms with Crippen LogP contribution in [0.2, 0.25) is 0 Å². The number of rotatable bonds is 6. The fourth-order valence-electron chi connectivity index (χ4n) is 4.02. The first kappa shape index (κ1) is 22.1. The molecule has 170 valence electrons. The molecule has 0 amide bonds. The highest BCUT2D eigenvalue weighted by atomic mass is 19.1. The highest BCUT2D eigenvalue weighted by molar-refractivity contribution is 5.90. The van der Waals surface area contributed by atoms with Crippen LogP contribution in [0.1, 0.15) is 43.0 Å². The molecular formula is C23H28F2N6O. The Hall–Kier alpha value is -3.07. The molecule has 0 radical (unpaired) electrons. The van der Waals surface area contributed by atoms with Crippen LogP contribution >= 0.6 is 0 Å². The number of benzene rings is 1. The Morgan fingerprint density at radius 1 is 1.12 bits per heavy atom. The van der Waals surface area contributed by atoms with E-state index in [9.17, 15) is 8.78 Å². The number of ether oxygens (including phenoxy) is 1. The number of aromatic nitrogens is 3. The van der Waals surface area contributed by atoms with Gasteiger partial charge < -0.3 is 20.3 Å². The van der Waals surface area contributed by atoms with E-state index >= 15 is 0 Å². The second kappa shape index (κ2) is 9.20. The molecule has 2 atom stereocenters. The molecule has 32 heavy (non-hydrogen) atoms. The summed E-state index contributed by atoms with van der Waals surface area (Å²) in [5.74, 6) is 1.04. The van der Waals surface area contributed by atoms with Crippen molar-refractivity contribution in [2.75, 3.05) is 43.5 Å². The Morgan fingerprint density at radius 3 is 2.53 bits per heavy atom. The molecule has 9 heteroatoms. The Kier molecular flexibility index (Phi) is 6.36. The van der Waals surface area contributed by atoms with E-state index in [1.165, 1.54) is 13.0 Å². The van der Waals surface area contributed by atoms with Gasteiger partial charge in [0.2, 0.25) is 5.88 Å². The summed E-state index contributed by atoms with van der Waals surface area (Å²) in [6.07, 6.45) is -1.39. The third kappa shape index (κ3) is 4.29. The standard InChI is InChI=1S/C23H28F2N6O/c1-13(24)16-6-5-7-17(20(16)25)14(2)27-21-18-12-19(31-10-8-26-9-11-31)23(32-4)30-22(18)29-15(3)28-21/h5-7,12-14,26H,8-11H2,1-4H3,(H,27,28,29,30)/t13?,14-/m1/s1. The molecule has 1 fully saturated rings. The molecule has 1 unspecified atom stereocenters. The number of anilines is 2. The Morgan fingerprint density at radius 2 is 1.84 bits per heavy atom. The van der Waals surface area contributed by atoms with Gasteiger partial charge in [-0.15, -0.1) is 0 Å². The molecule has 3 aromatic rings. The van der Waals surface area contributed by atoms with Crippen molar-refractivity contribution in [3.05, 3.63) is 47.0 Å². The van der Waals surface area contributed by atoms with Crippen molar-refractivity contribution in [2.45, 2.75) is 33.0 Å². The van der Waals surface area contributed by atoms with E-state index in [-0.39, 0.29) is 5.56 Å². The van der Waals surface area contributed by atoms with E-state index in [1.807, 2.05) is 13.0 Å². The molecule has 1 aliphatic rings. The van der Waals surface area contributed by atoms with E-state index in [2.05, 4.69) is 30.5 Å². The molecule has 3 heterocycles. The topological polar surface area (TPSA) is 75.2 Å². The molecule has 0 spiro atoms. The number of aryl methyl sites for hydroxylation is 1. The summed E-state index contributed by atoms with van der Waals surface area (Å²) >= 11 is 0. The van der Waals surface area contributed by atoms with Gasteiger partial charge in [0.15, 0.2) is 5.65 Å². The number of hydrogen-bond donors (Lipinski definition) is 2. The third-order valence-electron chi connectivity index (χ3n) is 5.70. The maximum Gasteiger partial charge on any atom is 0.239 e. The third-order valence-corrected chi connectivity index (χ3v) is 5.70. The second-order valence-corrected chi connectivity index (χ2v) is 7.98. The smallest absolute Gasteiger partial charge is 0.239 e. The van der Waals surface area contributed by atoms with Gasteiger partial charge >= 0.3 is 0 Å². The first-order valence-corrected chi connectivity index (χ1v) is 10.8. The zero-order valence-corrected chi connectivity index (χ0v) is 18.7. The number of nitrogens with zero attached hydrogens (tertiary/aromatic N) is 4. The molecule has 0 bridgehead atoms. The number of fused-ring (bicyclic) bond motifs is 1. The monoisotopic (exact) mass is 442 g/mol. The van der Waals surface area contributed by atoms with E-state index in [1.54, 1.807) is 26.2 Å². The maximum absolute atomic E-state index is 14.9.